The van der Waals surface area contributed by atoms with E-state index < -0.39 is 0 Å². The number of piperidine rings is 1. The van der Waals surface area contributed by atoms with Crippen LogP contribution in [0.15, 0.2) is 18.2 Å². The highest BCUT2D eigenvalue weighted by Crippen LogP contribution is 2.25. The Morgan fingerprint density at radius 3 is 2.57 bits per heavy atom. The van der Waals surface area contributed by atoms with Crippen molar-refractivity contribution in [3.05, 3.63) is 29.3 Å². The summed E-state index contributed by atoms with van der Waals surface area (Å²) in [5, 5.41) is 3.44. The lowest BCUT2D eigenvalue weighted by Gasteiger charge is -2.29. The molecule has 3 nitrogen and oxygen atoms in total. The van der Waals surface area contributed by atoms with E-state index in [0.717, 1.165) is 18.8 Å². The average Bonchev–Trinajstić information content (AvgIpc) is 2.46. The van der Waals surface area contributed by atoms with E-state index in [1.807, 2.05) is 11.9 Å². The highest BCUT2D eigenvalue weighted by Gasteiger charge is 2.23. The number of benzene rings is 1. The Kier molecular flexibility index (Phi) is 5.40. The molecule has 1 aliphatic rings. The number of carbonyl (C=O) groups excluding carboxylic acids is 1. The maximum Gasteiger partial charge on any atom is 0.226 e. The van der Waals surface area contributed by atoms with Gasteiger partial charge in [-0.25, -0.2) is 0 Å². The van der Waals surface area contributed by atoms with Crippen LogP contribution >= 0.6 is 0 Å². The van der Waals surface area contributed by atoms with Crippen LogP contribution < -0.4 is 10.2 Å². The van der Waals surface area contributed by atoms with E-state index in [-0.39, 0.29) is 5.91 Å². The molecule has 116 valence electrons. The standard InChI is InChI=1S/C18H28N2O/c1-13-8-14(2)10-17(9-13)20(4)18(21)11-15(3)16-6-5-7-19-12-16/h8-10,15-16,19H,5-7,11-12H2,1-4H3. The monoisotopic (exact) mass is 288 g/mol. The van der Waals surface area contributed by atoms with Gasteiger partial charge in [-0.2, -0.15) is 0 Å². The third-order valence-corrected chi connectivity index (χ3v) is 4.60. The number of amides is 1. The molecule has 1 N–H and O–H groups in total. The number of nitrogens with zero attached hydrogens (tertiary/aromatic N) is 1. The van der Waals surface area contributed by atoms with E-state index in [4.69, 9.17) is 0 Å². The third kappa shape index (κ3) is 4.31. The molecule has 1 saturated heterocycles. The van der Waals surface area contributed by atoms with Gasteiger partial charge in [-0.15, -0.1) is 0 Å². The molecule has 0 aromatic heterocycles. The van der Waals surface area contributed by atoms with E-state index >= 15 is 0 Å². The Morgan fingerprint density at radius 1 is 1.33 bits per heavy atom. The Balaban J connectivity index is 1.98. The largest absolute Gasteiger partial charge is 0.316 e. The van der Waals surface area contributed by atoms with Crippen molar-refractivity contribution in [3.63, 3.8) is 0 Å². The fourth-order valence-electron chi connectivity index (χ4n) is 3.23. The van der Waals surface area contributed by atoms with Crippen molar-refractivity contribution in [2.45, 2.75) is 40.0 Å². The molecule has 0 aliphatic carbocycles. The summed E-state index contributed by atoms with van der Waals surface area (Å²) in [6.07, 6.45) is 3.11. The summed E-state index contributed by atoms with van der Waals surface area (Å²) < 4.78 is 0. The second kappa shape index (κ2) is 7.08. The molecule has 1 fully saturated rings. The van der Waals surface area contributed by atoms with Crippen molar-refractivity contribution < 1.29 is 4.79 Å². The molecule has 2 rings (SSSR count). The quantitative estimate of drug-likeness (QED) is 0.922. The zero-order valence-corrected chi connectivity index (χ0v) is 13.8. The summed E-state index contributed by atoms with van der Waals surface area (Å²) in [5.41, 5.74) is 3.41. The minimum atomic E-state index is 0.220. The van der Waals surface area contributed by atoms with Gasteiger partial charge in [0.05, 0.1) is 0 Å². The minimum Gasteiger partial charge on any atom is -0.316 e. The minimum absolute atomic E-state index is 0.220. The average molecular weight is 288 g/mol. The normalized spacial score (nSPS) is 20.1. The molecule has 1 aromatic rings. The van der Waals surface area contributed by atoms with Crippen LogP contribution in [0.5, 0.6) is 0 Å². The Labute approximate surface area is 128 Å². The number of nitrogens with one attached hydrogen (secondary N) is 1. The van der Waals surface area contributed by atoms with Crippen LogP contribution in [0.3, 0.4) is 0 Å². The lowest BCUT2D eigenvalue weighted by atomic mass is 9.85. The molecule has 0 bridgehead atoms. The van der Waals surface area contributed by atoms with Crippen molar-refractivity contribution in [1.29, 1.82) is 0 Å². The molecular formula is C18H28N2O. The molecule has 2 unspecified atom stereocenters. The van der Waals surface area contributed by atoms with Crippen molar-refractivity contribution in [1.82, 2.24) is 5.32 Å². The first-order valence-corrected chi connectivity index (χ1v) is 8.03. The summed E-state index contributed by atoms with van der Waals surface area (Å²) in [6.45, 7) is 8.54. The van der Waals surface area contributed by atoms with Crippen molar-refractivity contribution in [2.75, 3.05) is 25.0 Å². The van der Waals surface area contributed by atoms with Gasteiger partial charge in [-0.3, -0.25) is 4.79 Å². The summed E-state index contributed by atoms with van der Waals surface area (Å²) in [6, 6.07) is 6.30. The van der Waals surface area contributed by atoms with Crippen LogP contribution in [0.2, 0.25) is 0 Å². The van der Waals surface area contributed by atoms with E-state index in [2.05, 4.69) is 44.3 Å². The highest BCUT2D eigenvalue weighted by atomic mass is 16.2. The number of rotatable bonds is 4. The van der Waals surface area contributed by atoms with Gasteiger partial charge in [-0.05, 0) is 74.9 Å². The van der Waals surface area contributed by atoms with E-state index in [9.17, 15) is 4.79 Å². The molecule has 0 saturated carbocycles. The van der Waals surface area contributed by atoms with E-state index in [1.54, 1.807) is 0 Å². The van der Waals surface area contributed by atoms with Gasteiger partial charge in [0.15, 0.2) is 0 Å². The summed E-state index contributed by atoms with van der Waals surface area (Å²) in [4.78, 5) is 14.3. The zero-order valence-electron chi connectivity index (χ0n) is 13.8. The Bertz CT molecular complexity index is 472. The third-order valence-electron chi connectivity index (χ3n) is 4.60. The molecule has 0 spiro atoms. The molecule has 1 amide bonds. The number of anilines is 1. The topological polar surface area (TPSA) is 32.3 Å². The number of aryl methyl sites for hydroxylation is 2. The van der Waals surface area contributed by atoms with Gasteiger partial charge in [0, 0.05) is 19.2 Å². The smallest absolute Gasteiger partial charge is 0.226 e. The second-order valence-electron chi connectivity index (χ2n) is 6.59. The Morgan fingerprint density at radius 2 is 2.00 bits per heavy atom. The number of hydrogen-bond donors (Lipinski definition) is 1. The SMILES string of the molecule is Cc1cc(C)cc(N(C)C(=O)CC(C)C2CCCNC2)c1. The van der Waals surface area contributed by atoms with E-state index in [0.29, 0.717) is 18.3 Å². The molecule has 1 heterocycles. The van der Waals surface area contributed by atoms with E-state index in [1.165, 1.54) is 24.0 Å². The summed E-state index contributed by atoms with van der Waals surface area (Å²) in [5.74, 6) is 1.30. The Hall–Kier alpha value is -1.35. The summed E-state index contributed by atoms with van der Waals surface area (Å²) >= 11 is 0. The van der Waals surface area contributed by atoms with Gasteiger partial charge in [-0.1, -0.05) is 13.0 Å². The van der Waals surface area contributed by atoms with Crippen molar-refractivity contribution >= 4 is 11.6 Å². The first kappa shape index (κ1) is 16.0. The zero-order chi connectivity index (χ0) is 15.4. The second-order valence-corrected chi connectivity index (χ2v) is 6.59. The number of carbonyl (C=O) groups is 1. The number of hydrogen-bond acceptors (Lipinski definition) is 2. The molecule has 2 atom stereocenters. The van der Waals surface area contributed by atoms with Gasteiger partial charge in [0.25, 0.3) is 0 Å². The fraction of sp³-hybridized carbons (Fsp3) is 0.611. The van der Waals surface area contributed by atoms with Crippen LogP contribution in [0.25, 0.3) is 0 Å². The van der Waals surface area contributed by atoms with Crippen molar-refractivity contribution in [2.24, 2.45) is 11.8 Å². The molecule has 1 aromatic carbocycles. The maximum absolute atomic E-state index is 12.5. The predicted molar refractivity (Wildman–Crippen MR) is 88.7 cm³/mol. The first-order valence-electron chi connectivity index (χ1n) is 8.03. The lowest BCUT2D eigenvalue weighted by molar-refractivity contribution is -0.119. The van der Waals surface area contributed by atoms with Crippen LogP contribution in [-0.2, 0) is 4.79 Å². The predicted octanol–water partition coefficient (Wildman–Crippen LogP) is 3.29. The van der Waals surface area contributed by atoms with Crippen LogP contribution in [0.1, 0.15) is 37.3 Å². The first-order chi connectivity index (χ1) is 9.97. The molecule has 1 aliphatic heterocycles. The van der Waals surface area contributed by atoms with Crippen LogP contribution in [-0.4, -0.2) is 26.0 Å². The van der Waals surface area contributed by atoms with Gasteiger partial charge in [0.2, 0.25) is 5.91 Å². The van der Waals surface area contributed by atoms with Crippen LogP contribution in [0, 0.1) is 25.7 Å². The molecule has 0 radical (unpaired) electrons. The highest BCUT2D eigenvalue weighted by molar-refractivity contribution is 5.93. The molecule has 21 heavy (non-hydrogen) atoms. The lowest BCUT2D eigenvalue weighted by Crippen LogP contribution is -2.36. The van der Waals surface area contributed by atoms with Crippen LogP contribution in [0.4, 0.5) is 5.69 Å². The van der Waals surface area contributed by atoms with Gasteiger partial charge in [0.1, 0.15) is 0 Å². The van der Waals surface area contributed by atoms with Crippen molar-refractivity contribution in [3.8, 4) is 0 Å². The fourth-order valence-corrected chi connectivity index (χ4v) is 3.23. The molecular weight excluding hydrogens is 260 g/mol. The van der Waals surface area contributed by atoms with Gasteiger partial charge >= 0.3 is 0 Å². The van der Waals surface area contributed by atoms with Gasteiger partial charge < -0.3 is 10.2 Å². The maximum atomic E-state index is 12.5. The summed E-state index contributed by atoms with van der Waals surface area (Å²) in [7, 11) is 1.89. The molecule has 3 heteroatoms.